The van der Waals surface area contributed by atoms with Gasteiger partial charge in [0.25, 0.3) is 5.91 Å². The Labute approximate surface area is 195 Å². The topological polar surface area (TPSA) is 73.9 Å². The zero-order chi connectivity index (χ0) is 22.6. The van der Waals surface area contributed by atoms with Crippen molar-refractivity contribution in [2.45, 2.75) is 25.8 Å². The monoisotopic (exact) mass is 448 g/mol. The summed E-state index contributed by atoms with van der Waals surface area (Å²) in [4.78, 5) is 30.1. The summed E-state index contributed by atoms with van der Waals surface area (Å²) in [5.41, 5.74) is 4.89. The third-order valence-electron chi connectivity index (χ3n) is 6.75. The largest absolute Gasteiger partial charge is 0.379 e. The van der Waals surface area contributed by atoms with Gasteiger partial charge in [-0.25, -0.2) is 0 Å². The molecule has 0 bridgehead atoms. The molecule has 2 heterocycles. The average Bonchev–Trinajstić information content (AvgIpc) is 3.70. The van der Waals surface area contributed by atoms with Crippen LogP contribution in [-0.2, 0) is 22.5 Å². The van der Waals surface area contributed by atoms with Crippen LogP contribution in [-0.4, -0.2) is 62.7 Å². The second kappa shape index (κ2) is 9.93. The molecule has 0 unspecified atom stereocenters. The minimum Gasteiger partial charge on any atom is -0.379 e. The fourth-order valence-electron chi connectivity index (χ4n) is 4.61. The standard InChI is InChI=1S/C26H32N4O3/c31-25(20-5-6-20)28-22-7-8-24(30-11-9-19-3-1-2-4-21(19)18-30)23(17-22)26(32)27-10-12-29-13-15-33-16-14-29/h1-4,7-8,17,20H,5-6,9-16,18H2,(H,27,32)(H,28,31). The number of ether oxygens (including phenoxy) is 1. The Bertz CT molecular complexity index is 1010. The van der Waals surface area contributed by atoms with Crippen LogP contribution in [0.3, 0.4) is 0 Å². The van der Waals surface area contributed by atoms with Gasteiger partial charge in [-0.05, 0) is 48.6 Å². The number of rotatable bonds is 7. The molecule has 0 atom stereocenters. The summed E-state index contributed by atoms with van der Waals surface area (Å²) in [5, 5.41) is 6.09. The molecule has 0 radical (unpaired) electrons. The minimum absolute atomic E-state index is 0.0494. The third-order valence-corrected chi connectivity index (χ3v) is 6.75. The number of nitrogens with zero attached hydrogens (tertiary/aromatic N) is 2. The van der Waals surface area contributed by atoms with E-state index in [9.17, 15) is 9.59 Å². The zero-order valence-electron chi connectivity index (χ0n) is 19.0. The maximum atomic E-state index is 13.3. The van der Waals surface area contributed by atoms with E-state index in [0.29, 0.717) is 17.8 Å². The van der Waals surface area contributed by atoms with E-state index in [1.807, 2.05) is 18.2 Å². The van der Waals surface area contributed by atoms with Crippen LogP contribution < -0.4 is 15.5 Å². The molecule has 2 aromatic carbocycles. The predicted octanol–water partition coefficient (Wildman–Crippen LogP) is 2.66. The van der Waals surface area contributed by atoms with E-state index in [1.54, 1.807) is 0 Å². The van der Waals surface area contributed by atoms with Gasteiger partial charge in [-0.1, -0.05) is 24.3 Å². The molecule has 0 aromatic heterocycles. The Hall–Kier alpha value is -2.90. The van der Waals surface area contributed by atoms with Gasteiger partial charge in [0.2, 0.25) is 5.91 Å². The number of amides is 2. The predicted molar refractivity (Wildman–Crippen MR) is 129 cm³/mol. The molecule has 3 aliphatic rings. The smallest absolute Gasteiger partial charge is 0.253 e. The summed E-state index contributed by atoms with van der Waals surface area (Å²) in [6, 6.07) is 14.2. The summed E-state index contributed by atoms with van der Waals surface area (Å²) in [5.74, 6) is 0.0713. The van der Waals surface area contributed by atoms with Crippen LogP contribution in [0.25, 0.3) is 0 Å². The van der Waals surface area contributed by atoms with Crippen molar-refractivity contribution in [2.75, 3.05) is 56.2 Å². The minimum atomic E-state index is -0.0976. The van der Waals surface area contributed by atoms with Crippen molar-refractivity contribution in [2.24, 2.45) is 5.92 Å². The van der Waals surface area contributed by atoms with E-state index in [2.05, 4.69) is 44.7 Å². The van der Waals surface area contributed by atoms with E-state index in [1.165, 1.54) is 11.1 Å². The molecule has 2 aliphatic heterocycles. The first-order chi connectivity index (χ1) is 16.2. The molecule has 1 saturated heterocycles. The number of carbonyl (C=O) groups is 2. The lowest BCUT2D eigenvalue weighted by Gasteiger charge is -2.32. The van der Waals surface area contributed by atoms with Gasteiger partial charge in [0.1, 0.15) is 0 Å². The summed E-state index contributed by atoms with van der Waals surface area (Å²) in [6.07, 6.45) is 2.85. The van der Waals surface area contributed by atoms with Crippen LogP contribution in [0.2, 0.25) is 0 Å². The summed E-state index contributed by atoms with van der Waals surface area (Å²) < 4.78 is 5.40. The van der Waals surface area contributed by atoms with E-state index >= 15 is 0 Å². The highest BCUT2D eigenvalue weighted by molar-refractivity contribution is 6.02. The zero-order valence-corrected chi connectivity index (χ0v) is 19.0. The van der Waals surface area contributed by atoms with Crippen molar-refractivity contribution >= 4 is 23.2 Å². The molecule has 2 amide bonds. The number of anilines is 2. The first-order valence-corrected chi connectivity index (χ1v) is 12.0. The Morgan fingerprint density at radius 2 is 1.79 bits per heavy atom. The highest BCUT2D eigenvalue weighted by Gasteiger charge is 2.30. The van der Waals surface area contributed by atoms with Crippen molar-refractivity contribution in [3.8, 4) is 0 Å². The van der Waals surface area contributed by atoms with Gasteiger partial charge in [-0.3, -0.25) is 14.5 Å². The highest BCUT2D eigenvalue weighted by atomic mass is 16.5. The molecular formula is C26H32N4O3. The van der Waals surface area contributed by atoms with Gasteiger partial charge in [-0.2, -0.15) is 0 Å². The van der Waals surface area contributed by atoms with Crippen LogP contribution in [0.15, 0.2) is 42.5 Å². The van der Waals surface area contributed by atoms with Gasteiger partial charge in [0, 0.05) is 56.6 Å². The van der Waals surface area contributed by atoms with Crippen molar-refractivity contribution in [1.29, 1.82) is 0 Å². The molecule has 5 rings (SSSR count). The SMILES string of the molecule is O=C(NCCN1CCOCC1)c1cc(NC(=O)C2CC2)ccc1N1CCc2ccccc2C1. The fourth-order valence-corrected chi connectivity index (χ4v) is 4.61. The van der Waals surface area contributed by atoms with E-state index < -0.39 is 0 Å². The lowest BCUT2D eigenvalue weighted by Crippen LogP contribution is -2.41. The molecule has 33 heavy (non-hydrogen) atoms. The number of carbonyl (C=O) groups excluding carboxylic acids is 2. The molecule has 1 aliphatic carbocycles. The highest BCUT2D eigenvalue weighted by Crippen LogP contribution is 2.32. The average molecular weight is 449 g/mol. The molecule has 1 saturated carbocycles. The Morgan fingerprint density at radius 3 is 2.58 bits per heavy atom. The summed E-state index contributed by atoms with van der Waals surface area (Å²) in [7, 11) is 0. The summed E-state index contributed by atoms with van der Waals surface area (Å²) in [6.45, 7) is 6.32. The molecule has 2 aromatic rings. The van der Waals surface area contributed by atoms with Gasteiger partial charge < -0.3 is 20.3 Å². The second-order valence-electron chi connectivity index (χ2n) is 9.15. The Balaban J connectivity index is 1.33. The number of morpholine rings is 1. The van der Waals surface area contributed by atoms with Crippen LogP contribution in [0.5, 0.6) is 0 Å². The molecule has 174 valence electrons. The third kappa shape index (κ3) is 5.37. The lowest BCUT2D eigenvalue weighted by atomic mass is 9.98. The summed E-state index contributed by atoms with van der Waals surface area (Å²) >= 11 is 0. The number of hydrogen-bond acceptors (Lipinski definition) is 5. The Kier molecular flexibility index (Phi) is 6.60. The van der Waals surface area contributed by atoms with Gasteiger partial charge >= 0.3 is 0 Å². The van der Waals surface area contributed by atoms with Crippen molar-refractivity contribution < 1.29 is 14.3 Å². The number of nitrogens with one attached hydrogen (secondary N) is 2. The number of hydrogen-bond donors (Lipinski definition) is 2. The fraction of sp³-hybridized carbons (Fsp3) is 0.462. The van der Waals surface area contributed by atoms with Crippen molar-refractivity contribution in [3.63, 3.8) is 0 Å². The van der Waals surface area contributed by atoms with E-state index in [0.717, 1.165) is 70.9 Å². The molecule has 2 N–H and O–H groups in total. The second-order valence-corrected chi connectivity index (χ2v) is 9.15. The molecule has 2 fully saturated rings. The quantitative estimate of drug-likeness (QED) is 0.681. The van der Waals surface area contributed by atoms with Gasteiger partial charge in [0.05, 0.1) is 18.8 Å². The molecule has 7 heteroatoms. The molecular weight excluding hydrogens is 416 g/mol. The van der Waals surface area contributed by atoms with Crippen LogP contribution in [0.4, 0.5) is 11.4 Å². The number of benzene rings is 2. The van der Waals surface area contributed by atoms with Gasteiger partial charge in [-0.15, -0.1) is 0 Å². The van der Waals surface area contributed by atoms with Gasteiger partial charge in [0.15, 0.2) is 0 Å². The lowest BCUT2D eigenvalue weighted by molar-refractivity contribution is -0.117. The molecule has 7 nitrogen and oxygen atoms in total. The van der Waals surface area contributed by atoms with Crippen LogP contribution >= 0.6 is 0 Å². The first-order valence-electron chi connectivity index (χ1n) is 12.0. The Morgan fingerprint density at radius 1 is 1.00 bits per heavy atom. The van der Waals surface area contributed by atoms with E-state index in [4.69, 9.17) is 4.74 Å². The van der Waals surface area contributed by atoms with Crippen LogP contribution in [0, 0.1) is 5.92 Å². The van der Waals surface area contributed by atoms with Crippen LogP contribution in [0.1, 0.15) is 34.3 Å². The maximum Gasteiger partial charge on any atom is 0.253 e. The number of fused-ring (bicyclic) bond motifs is 1. The van der Waals surface area contributed by atoms with Crippen molar-refractivity contribution in [1.82, 2.24) is 10.2 Å². The normalized spacial score (nSPS) is 18.5. The maximum absolute atomic E-state index is 13.3. The molecule has 0 spiro atoms. The van der Waals surface area contributed by atoms with Crippen molar-refractivity contribution in [3.05, 3.63) is 59.2 Å². The first kappa shape index (κ1) is 21.9. The van der Waals surface area contributed by atoms with E-state index in [-0.39, 0.29) is 17.7 Å².